The molecule has 2 N–H and O–H groups in total. The van der Waals surface area contributed by atoms with Gasteiger partial charge in [-0.2, -0.15) is 0 Å². The van der Waals surface area contributed by atoms with Crippen molar-refractivity contribution >= 4 is 11.9 Å². The molecule has 0 spiro atoms. The molecule has 3 aliphatic heterocycles. The van der Waals surface area contributed by atoms with Gasteiger partial charge in [0, 0.05) is 43.9 Å². The lowest BCUT2D eigenvalue weighted by Gasteiger charge is -2.23. The Bertz CT molecular complexity index is 1100. The fraction of sp³-hybridized carbons (Fsp3) is 0.444. The van der Waals surface area contributed by atoms with Crippen LogP contribution in [0.1, 0.15) is 24.8 Å². The lowest BCUT2D eigenvalue weighted by atomic mass is 10.1. The van der Waals surface area contributed by atoms with Crippen LogP contribution in [0, 0.1) is 0 Å². The van der Waals surface area contributed by atoms with Crippen LogP contribution in [-0.4, -0.2) is 73.4 Å². The van der Waals surface area contributed by atoms with E-state index in [4.69, 9.17) is 14.2 Å². The van der Waals surface area contributed by atoms with E-state index in [0.29, 0.717) is 25.6 Å². The van der Waals surface area contributed by atoms with Crippen LogP contribution in [0.15, 0.2) is 59.7 Å². The molecule has 2 saturated heterocycles. The van der Waals surface area contributed by atoms with Crippen molar-refractivity contribution < 1.29 is 19.0 Å². The van der Waals surface area contributed by atoms with Crippen molar-refractivity contribution in [3.63, 3.8) is 0 Å². The highest BCUT2D eigenvalue weighted by Gasteiger charge is 2.33. The van der Waals surface area contributed by atoms with Crippen LogP contribution < -0.4 is 15.4 Å². The summed E-state index contributed by atoms with van der Waals surface area (Å²) in [5.41, 5.74) is 3.07. The lowest BCUT2D eigenvalue weighted by Crippen LogP contribution is -2.41. The second-order valence-corrected chi connectivity index (χ2v) is 9.12. The molecule has 1 unspecified atom stereocenters. The topological polar surface area (TPSA) is 97.3 Å². The smallest absolute Gasteiger partial charge is 0.415 e. The van der Waals surface area contributed by atoms with Gasteiger partial charge in [-0.3, -0.25) is 4.90 Å². The Morgan fingerprint density at radius 3 is 3.00 bits per heavy atom. The van der Waals surface area contributed by atoms with Crippen LogP contribution >= 0.6 is 0 Å². The number of rotatable bonds is 9. The number of cyclic esters (lactones) is 1. The minimum absolute atomic E-state index is 0.0487. The summed E-state index contributed by atoms with van der Waals surface area (Å²) in [6.45, 7) is 4.90. The number of morpholine rings is 1. The van der Waals surface area contributed by atoms with Gasteiger partial charge < -0.3 is 24.8 Å². The third-order valence-corrected chi connectivity index (χ3v) is 6.39. The molecule has 1 aromatic heterocycles. The number of ether oxygens (including phenoxy) is 3. The van der Waals surface area contributed by atoms with Crippen molar-refractivity contribution in [2.45, 2.75) is 38.0 Å². The number of carbonyl (C=O) groups is 1. The van der Waals surface area contributed by atoms with Crippen LogP contribution in [0.25, 0.3) is 11.3 Å². The molecule has 2 fully saturated rings. The summed E-state index contributed by atoms with van der Waals surface area (Å²) in [5.74, 6) is 1.40. The number of allylic oxidation sites excluding steroid dienone is 1. The first-order chi connectivity index (χ1) is 17.7. The molecule has 0 bridgehead atoms. The van der Waals surface area contributed by atoms with E-state index in [-0.39, 0.29) is 18.3 Å². The van der Waals surface area contributed by atoms with E-state index >= 15 is 0 Å². The van der Waals surface area contributed by atoms with Gasteiger partial charge in [-0.1, -0.05) is 30.3 Å². The molecule has 0 radical (unpaired) electrons. The van der Waals surface area contributed by atoms with Gasteiger partial charge in [0.1, 0.15) is 24.7 Å². The minimum Gasteiger partial charge on any atom is -0.475 e. The van der Waals surface area contributed by atoms with Gasteiger partial charge in [-0.15, -0.1) is 0 Å². The highest BCUT2D eigenvalue weighted by atomic mass is 16.6. The molecular weight excluding hydrogens is 458 g/mol. The number of nitrogens with zero attached hydrogens (tertiary/aromatic N) is 3. The maximum absolute atomic E-state index is 12.2. The van der Waals surface area contributed by atoms with E-state index in [1.54, 1.807) is 11.1 Å². The number of benzene rings is 1. The summed E-state index contributed by atoms with van der Waals surface area (Å²) in [6, 6.07) is 14.2. The van der Waals surface area contributed by atoms with Gasteiger partial charge in [0.05, 0.1) is 18.8 Å². The number of aromatic nitrogens is 1. The molecule has 0 aliphatic carbocycles. The highest BCUT2D eigenvalue weighted by molar-refractivity contribution is 5.97. The van der Waals surface area contributed by atoms with Crippen molar-refractivity contribution in [3.8, 4) is 17.1 Å². The van der Waals surface area contributed by atoms with Crippen LogP contribution in [0.4, 0.5) is 4.79 Å². The molecule has 4 heterocycles. The van der Waals surface area contributed by atoms with Crippen molar-refractivity contribution in [2.24, 2.45) is 4.99 Å². The number of pyridine rings is 1. The number of carbonyl (C=O) groups excluding carboxylic acids is 1. The van der Waals surface area contributed by atoms with E-state index in [9.17, 15) is 4.79 Å². The van der Waals surface area contributed by atoms with E-state index in [1.165, 1.54) is 0 Å². The molecule has 0 saturated carbocycles. The molecule has 9 nitrogen and oxygen atoms in total. The van der Waals surface area contributed by atoms with Gasteiger partial charge in [0.2, 0.25) is 5.88 Å². The average Bonchev–Trinajstić information content (AvgIpc) is 3.31. The normalized spacial score (nSPS) is 21.8. The first kappa shape index (κ1) is 24.4. The Kier molecular flexibility index (Phi) is 8.22. The van der Waals surface area contributed by atoms with Crippen molar-refractivity contribution in [3.05, 3.63) is 60.3 Å². The molecule has 2 atom stereocenters. The maximum atomic E-state index is 12.2. The fourth-order valence-electron chi connectivity index (χ4n) is 4.47. The minimum atomic E-state index is -0.289. The van der Waals surface area contributed by atoms with Crippen molar-refractivity contribution in [1.29, 1.82) is 0 Å². The second kappa shape index (κ2) is 12.1. The third-order valence-electron chi connectivity index (χ3n) is 6.39. The summed E-state index contributed by atoms with van der Waals surface area (Å²) in [4.78, 5) is 22.9. The number of hydrogen-bond donors (Lipinski definition) is 2. The quantitative estimate of drug-likeness (QED) is 0.520. The van der Waals surface area contributed by atoms with Gasteiger partial charge in [0.25, 0.3) is 0 Å². The molecule has 36 heavy (non-hydrogen) atoms. The predicted octanol–water partition coefficient (Wildman–Crippen LogP) is 3.12. The second-order valence-electron chi connectivity index (χ2n) is 9.12. The van der Waals surface area contributed by atoms with Crippen molar-refractivity contribution in [2.75, 3.05) is 39.4 Å². The monoisotopic (exact) mass is 491 g/mol. The zero-order valence-electron chi connectivity index (χ0n) is 20.4. The molecule has 1 aromatic carbocycles. The van der Waals surface area contributed by atoms with E-state index < -0.39 is 0 Å². The molecule has 1 amide bonds. The number of nitrogens with one attached hydrogen (secondary N) is 2. The molecule has 9 heteroatoms. The zero-order valence-corrected chi connectivity index (χ0v) is 20.4. The van der Waals surface area contributed by atoms with Gasteiger partial charge >= 0.3 is 6.09 Å². The van der Waals surface area contributed by atoms with Crippen LogP contribution in [0.5, 0.6) is 5.88 Å². The van der Waals surface area contributed by atoms with Gasteiger partial charge in [-0.25, -0.2) is 14.8 Å². The van der Waals surface area contributed by atoms with Crippen LogP contribution in [-0.2, 0) is 16.0 Å². The molecule has 190 valence electrons. The van der Waals surface area contributed by atoms with Crippen LogP contribution in [0.2, 0.25) is 0 Å². The van der Waals surface area contributed by atoms with Gasteiger partial charge in [0.15, 0.2) is 0 Å². The first-order valence-electron chi connectivity index (χ1n) is 12.7. The largest absolute Gasteiger partial charge is 0.475 e. The van der Waals surface area contributed by atoms with Crippen LogP contribution in [0.3, 0.4) is 0 Å². The Labute approximate surface area is 211 Å². The fourth-order valence-corrected chi connectivity index (χ4v) is 4.47. The lowest BCUT2D eigenvalue weighted by molar-refractivity contribution is -0.000716. The number of aliphatic imine (C=N–C) groups is 1. The average molecular weight is 492 g/mol. The van der Waals surface area contributed by atoms with Gasteiger partial charge in [-0.05, 0) is 37.1 Å². The summed E-state index contributed by atoms with van der Waals surface area (Å²) in [5, 5.41) is 6.77. The summed E-state index contributed by atoms with van der Waals surface area (Å²) in [6.07, 6.45) is 5.86. The Morgan fingerprint density at radius 2 is 2.14 bits per heavy atom. The number of amides is 1. The number of amidine groups is 1. The highest BCUT2D eigenvalue weighted by Crippen LogP contribution is 2.22. The summed E-state index contributed by atoms with van der Waals surface area (Å²) < 4.78 is 17.1. The van der Waals surface area contributed by atoms with E-state index in [0.717, 1.165) is 68.1 Å². The molecular formula is C27H33N5O4. The third kappa shape index (κ3) is 6.48. The first-order valence-corrected chi connectivity index (χ1v) is 12.7. The Hall–Kier alpha value is -3.27. The Balaban J connectivity index is 1.09. The molecule has 5 rings (SSSR count). The number of hydrogen-bond acceptors (Lipinski definition) is 8. The SMILES string of the molecule is O=C1OC(CCNCc2cccc(-c3cccc(OC[C@@H]4CNCCO4)n3)c2)CN1C1=NC=CCC1. The maximum Gasteiger partial charge on any atom is 0.415 e. The van der Waals surface area contributed by atoms with E-state index in [2.05, 4.69) is 38.8 Å². The zero-order chi connectivity index (χ0) is 24.6. The standard InChI is InChI=1S/C27H33N5O4/c33-27-32(25-8-1-2-11-30-25)18-22(36-27)10-12-28-16-20-5-3-6-21(15-20)24-7-4-9-26(31-24)35-19-23-17-29-13-14-34-23/h2-7,9,11,15,22-23,28-29H,1,8,10,12-14,16-19H2/t22?,23-/m0/s1. The Morgan fingerprint density at radius 1 is 1.19 bits per heavy atom. The summed E-state index contributed by atoms with van der Waals surface area (Å²) in [7, 11) is 0. The molecule has 2 aromatic rings. The van der Waals surface area contributed by atoms with Crippen molar-refractivity contribution in [1.82, 2.24) is 20.5 Å². The molecule has 3 aliphatic rings. The summed E-state index contributed by atoms with van der Waals surface area (Å²) >= 11 is 0. The van der Waals surface area contributed by atoms with E-state index in [1.807, 2.05) is 30.3 Å². The predicted molar refractivity (Wildman–Crippen MR) is 137 cm³/mol.